The van der Waals surface area contributed by atoms with E-state index in [9.17, 15) is 9.59 Å². The van der Waals surface area contributed by atoms with Crippen LogP contribution >= 0.6 is 0 Å². The standard InChI is InChI=1S/C11H18O6/c1-6-11(17-8(3)13)9(16-7(2)12)5-10(14-4)15-6/h6,9-11H,5H2,1-4H3/t6-,9-,10+,11+/m1/s1. The number of carbonyl (C=O) groups is 2. The van der Waals surface area contributed by atoms with Crippen LogP contribution in [0.25, 0.3) is 0 Å². The SMILES string of the molecule is CO[C@@H]1C[C@@H](OC(C)=O)[C@@H](OC(C)=O)[C@@H](C)O1. The third kappa shape index (κ3) is 3.98. The van der Waals surface area contributed by atoms with Crippen LogP contribution < -0.4 is 0 Å². The Kier molecular flexibility index (Phi) is 4.89. The first kappa shape index (κ1) is 13.9. The molecule has 0 spiro atoms. The van der Waals surface area contributed by atoms with Gasteiger partial charge in [-0.15, -0.1) is 0 Å². The van der Waals surface area contributed by atoms with Crippen molar-refractivity contribution >= 4 is 11.9 Å². The molecule has 0 aromatic carbocycles. The van der Waals surface area contributed by atoms with E-state index in [0.29, 0.717) is 6.42 Å². The normalized spacial score (nSPS) is 32.9. The van der Waals surface area contributed by atoms with E-state index in [2.05, 4.69) is 0 Å². The number of hydrogen-bond donors (Lipinski definition) is 0. The van der Waals surface area contributed by atoms with Gasteiger partial charge in [0.25, 0.3) is 0 Å². The van der Waals surface area contributed by atoms with Crippen molar-refractivity contribution < 1.29 is 28.5 Å². The first-order valence-electron chi connectivity index (χ1n) is 5.46. The number of ether oxygens (including phenoxy) is 4. The molecule has 0 radical (unpaired) electrons. The van der Waals surface area contributed by atoms with Crippen molar-refractivity contribution in [1.29, 1.82) is 0 Å². The number of methoxy groups -OCH3 is 1. The van der Waals surface area contributed by atoms with Gasteiger partial charge in [0.15, 0.2) is 12.4 Å². The van der Waals surface area contributed by atoms with E-state index in [4.69, 9.17) is 18.9 Å². The summed E-state index contributed by atoms with van der Waals surface area (Å²) < 4.78 is 20.8. The van der Waals surface area contributed by atoms with Gasteiger partial charge in [-0.3, -0.25) is 9.59 Å². The maximum Gasteiger partial charge on any atom is 0.303 e. The second-order valence-corrected chi connectivity index (χ2v) is 3.96. The van der Waals surface area contributed by atoms with Gasteiger partial charge in [-0.2, -0.15) is 0 Å². The molecule has 0 bridgehead atoms. The Hall–Kier alpha value is -1.14. The Morgan fingerprint density at radius 1 is 1.18 bits per heavy atom. The Balaban J connectivity index is 2.74. The van der Waals surface area contributed by atoms with Gasteiger partial charge in [0.1, 0.15) is 6.10 Å². The highest BCUT2D eigenvalue weighted by Crippen LogP contribution is 2.25. The van der Waals surface area contributed by atoms with Crippen LogP contribution in [0.1, 0.15) is 27.2 Å². The molecule has 0 aliphatic carbocycles. The Morgan fingerprint density at radius 3 is 2.24 bits per heavy atom. The quantitative estimate of drug-likeness (QED) is 0.680. The maximum absolute atomic E-state index is 11.0. The molecule has 1 rings (SSSR count). The summed E-state index contributed by atoms with van der Waals surface area (Å²) in [6.45, 7) is 4.36. The van der Waals surface area contributed by atoms with Crippen molar-refractivity contribution in [2.75, 3.05) is 7.11 Å². The van der Waals surface area contributed by atoms with Crippen molar-refractivity contribution in [1.82, 2.24) is 0 Å². The zero-order valence-electron chi connectivity index (χ0n) is 10.5. The fourth-order valence-electron chi connectivity index (χ4n) is 1.84. The maximum atomic E-state index is 11.0. The van der Waals surface area contributed by atoms with Crippen molar-refractivity contribution in [2.24, 2.45) is 0 Å². The Bertz CT molecular complexity index is 290. The molecule has 17 heavy (non-hydrogen) atoms. The summed E-state index contributed by atoms with van der Waals surface area (Å²) in [5.74, 6) is -0.852. The third-order valence-electron chi connectivity index (χ3n) is 2.50. The van der Waals surface area contributed by atoms with E-state index in [1.54, 1.807) is 6.92 Å². The first-order valence-corrected chi connectivity index (χ1v) is 5.46. The van der Waals surface area contributed by atoms with E-state index < -0.39 is 30.4 Å². The average molecular weight is 246 g/mol. The lowest BCUT2D eigenvalue weighted by atomic mass is 10.0. The fourth-order valence-corrected chi connectivity index (χ4v) is 1.84. The Morgan fingerprint density at radius 2 is 1.76 bits per heavy atom. The van der Waals surface area contributed by atoms with Gasteiger partial charge in [0.05, 0.1) is 6.10 Å². The van der Waals surface area contributed by atoms with Gasteiger partial charge < -0.3 is 18.9 Å². The Labute approximate surface area is 100 Å². The van der Waals surface area contributed by atoms with Crippen LogP contribution in [0.2, 0.25) is 0 Å². The topological polar surface area (TPSA) is 71.1 Å². The van der Waals surface area contributed by atoms with Crippen molar-refractivity contribution in [2.45, 2.75) is 51.8 Å². The van der Waals surface area contributed by atoms with Crippen molar-refractivity contribution in [3.05, 3.63) is 0 Å². The number of esters is 2. The second-order valence-electron chi connectivity index (χ2n) is 3.96. The van der Waals surface area contributed by atoms with Crippen molar-refractivity contribution in [3.63, 3.8) is 0 Å². The highest BCUT2D eigenvalue weighted by Gasteiger charge is 2.40. The van der Waals surface area contributed by atoms with Gasteiger partial charge in [-0.25, -0.2) is 0 Å². The summed E-state index contributed by atoms with van der Waals surface area (Å²) in [6, 6.07) is 0. The van der Waals surface area contributed by atoms with Crippen LogP contribution in [-0.2, 0) is 28.5 Å². The molecule has 98 valence electrons. The van der Waals surface area contributed by atoms with Gasteiger partial charge in [0, 0.05) is 27.4 Å². The second kappa shape index (κ2) is 5.97. The molecule has 1 aliphatic heterocycles. The molecule has 1 heterocycles. The molecule has 1 saturated heterocycles. The van der Waals surface area contributed by atoms with Crippen molar-refractivity contribution in [3.8, 4) is 0 Å². The number of carbonyl (C=O) groups excluding carboxylic acids is 2. The largest absolute Gasteiger partial charge is 0.458 e. The smallest absolute Gasteiger partial charge is 0.303 e. The molecule has 6 heteroatoms. The summed E-state index contributed by atoms with van der Waals surface area (Å²) in [5.41, 5.74) is 0. The molecule has 0 unspecified atom stereocenters. The average Bonchev–Trinajstić information content (AvgIpc) is 2.21. The van der Waals surface area contributed by atoms with Crippen LogP contribution in [0.3, 0.4) is 0 Å². The molecule has 0 N–H and O–H groups in total. The summed E-state index contributed by atoms with van der Waals surface area (Å²) in [7, 11) is 1.51. The summed E-state index contributed by atoms with van der Waals surface area (Å²) in [4.78, 5) is 22.0. The van der Waals surface area contributed by atoms with Gasteiger partial charge >= 0.3 is 11.9 Å². The molecule has 0 amide bonds. The van der Waals surface area contributed by atoms with E-state index in [-0.39, 0.29) is 6.10 Å². The van der Waals surface area contributed by atoms with Gasteiger partial charge in [-0.05, 0) is 6.92 Å². The molecule has 1 aliphatic rings. The lowest BCUT2D eigenvalue weighted by molar-refractivity contribution is -0.248. The molecule has 1 fully saturated rings. The van der Waals surface area contributed by atoms with E-state index >= 15 is 0 Å². The summed E-state index contributed by atoms with van der Waals surface area (Å²) in [5, 5.41) is 0. The van der Waals surface area contributed by atoms with E-state index in [0.717, 1.165) is 0 Å². The molecule has 6 nitrogen and oxygen atoms in total. The molecular formula is C11H18O6. The number of hydrogen-bond acceptors (Lipinski definition) is 6. The predicted octanol–water partition coefficient (Wildman–Crippen LogP) is 0.631. The molecular weight excluding hydrogens is 228 g/mol. The van der Waals surface area contributed by atoms with Crippen LogP contribution in [0, 0.1) is 0 Å². The molecule has 0 aromatic rings. The fraction of sp³-hybridized carbons (Fsp3) is 0.818. The van der Waals surface area contributed by atoms with Crippen LogP contribution in [-0.4, -0.2) is 43.7 Å². The van der Waals surface area contributed by atoms with Crippen LogP contribution in [0.15, 0.2) is 0 Å². The highest BCUT2D eigenvalue weighted by atomic mass is 16.7. The number of rotatable bonds is 3. The lowest BCUT2D eigenvalue weighted by Crippen LogP contribution is -2.51. The predicted molar refractivity (Wildman–Crippen MR) is 57.1 cm³/mol. The van der Waals surface area contributed by atoms with Crippen LogP contribution in [0.5, 0.6) is 0 Å². The van der Waals surface area contributed by atoms with Crippen LogP contribution in [0.4, 0.5) is 0 Å². The minimum atomic E-state index is -0.595. The van der Waals surface area contributed by atoms with Gasteiger partial charge in [-0.1, -0.05) is 0 Å². The zero-order valence-corrected chi connectivity index (χ0v) is 10.5. The minimum Gasteiger partial charge on any atom is -0.458 e. The molecule has 4 atom stereocenters. The first-order chi connectivity index (χ1) is 7.93. The third-order valence-corrected chi connectivity index (χ3v) is 2.50. The minimum absolute atomic E-state index is 0.346. The molecule has 0 saturated carbocycles. The van der Waals surface area contributed by atoms with E-state index in [1.165, 1.54) is 21.0 Å². The molecule has 0 aromatic heterocycles. The van der Waals surface area contributed by atoms with E-state index in [1.807, 2.05) is 0 Å². The summed E-state index contributed by atoms with van der Waals surface area (Å²) in [6.07, 6.45) is -1.63. The zero-order chi connectivity index (χ0) is 13.0. The monoisotopic (exact) mass is 246 g/mol. The highest BCUT2D eigenvalue weighted by molar-refractivity contribution is 5.67. The summed E-state index contributed by atoms with van der Waals surface area (Å²) >= 11 is 0. The van der Waals surface area contributed by atoms with Gasteiger partial charge in [0.2, 0.25) is 0 Å². The lowest BCUT2D eigenvalue weighted by Gasteiger charge is -2.38.